The van der Waals surface area contributed by atoms with E-state index in [4.69, 9.17) is 0 Å². The van der Waals surface area contributed by atoms with Crippen LogP contribution in [0.4, 0.5) is 0 Å². The maximum atomic E-state index is 2.37. The fourth-order valence-electron chi connectivity index (χ4n) is 3.04. The average Bonchev–Trinajstić information content (AvgIpc) is 2.13. The molecule has 1 aromatic carbocycles. The van der Waals surface area contributed by atoms with Crippen molar-refractivity contribution < 1.29 is 0 Å². The Labute approximate surface area is 107 Å². The summed E-state index contributed by atoms with van der Waals surface area (Å²) >= 11 is 0. The first-order valence-electron chi connectivity index (χ1n) is 6.85. The zero-order valence-corrected chi connectivity index (χ0v) is 12.6. The van der Waals surface area contributed by atoms with Crippen molar-refractivity contribution >= 4 is 0 Å². The Hall–Kier alpha value is -0.780. The van der Waals surface area contributed by atoms with E-state index in [1.165, 1.54) is 29.5 Å². The minimum absolute atomic E-state index is 0.348. The van der Waals surface area contributed by atoms with E-state index >= 15 is 0 Å². The fourth-order valence-corrected chi connectivity index (χ4v) is 3.04. The molecule has 0 nitrogen and oxygen atoms in total. The number of hydrogen-bond acceptors (Lipinski definition) is 0. The second kappa shape index (κ2) is 5.25. The standard InChI is InChI=1S/C17H28/c1-8-9-15(17(5,6)7)16-13(3)10-12(2)11-14(16)4/h10-11,15H,8-9H2,1-7H3. The quantitative estimate of drug-likeness (QED) is 0.641. The summed E-state index contributed by atoms with van der Waals surface area (Å²) in [4.78, 5) is 0. The average molecular weight is 232 g/mol. The predicted octanol–water partition coefficient (Wildman–Crippen LogP) is 5.54. The molecule has 0 aliphatic rings. The van der Waals surface area contributed by atoms with Gasteiger partial charge in [-0.05, 0) is 55.2 Å². The molecule has 0 saturated heterocycles. The van der Waals surface area contributed by atoms with Gasteiger partial charge in [-0.2, -0.15) is 0 Å². The third-order valence-electron chi connectivity index (χ3n) is 3.71. The van der Waals surface area contributed by atoms with Crippen LogP contribution in [0.5, 0.6) is 0 Å². The molecule has 96 valence electrons. The van der Waals surface area contributed by atoms with Gasteiger partial charge >= 0.3 is 0 Å². The second-order valence-corrected chi connectivity index (χ2v) is 6.52. The highest BCUT2D eigenvalue weighted by Crippen LogP contribution is 2.41. The van der Waals surface area contributed by atoms with Crippen molar-refractivity contribution in [3.8, 4) is 0 Å². The van der Waals surface area contributed by atoms with E-state index in [0.29, 0.717) is 11.3 Å². The van der Waals surface area contributed by atoms with E-state index < -0.39 is 0 Å². The molecule has 0 spiro atoms. The van der Waals surface area contributed by atoms with Crippen molar-refractivity contribution in [2.75, 3.05) is 0 Å². The van der Waals surface area contributed by atoms with Gasteiger partial charge in [0.2, 0.25) is 0 Å². The lowest BCUT2D eigenvalue weighted by Crippen LogP contribution is -2.20. The van der Waals surface area contributed by atoms with Gasteiger partial charge in [-0.3, -0.25) is 0 Å². The van der Waals surface area contributed by atoms with E-state index in [1.807, 2.05) is 0 Å². The molecular formula is C17H28. The van der Waals surface area contributed by atoms with Crippen LogP contribution < -0.4 is 0 Å². The van der Waals surface area contributed by atoms with Crippen LogP contribution in [0, 0.1) is 26.2 Å². The predicted molar refractivity (Wildman–Crippen MR) is 77.8 cm³/mol. The Balaban J connectivity index is 3.28. The minimum Gasteiger partial charge on any atom is -0.0654 e. The maximum Gasteiger partial charge on any atom is -0.0108 e. The zero-order valence-electron chi connectivity index (χ0n) is 12.6. The van der Waals surface area contributed by atoms with Gasteiger partial charge in [-0.1, -0.05) is 51.8 Å². The molecule has 0 heterocycles. The molecule has 17 heavy (non-hydrogen) atoms. The van der Waals surface area contributed by atoms with Gasteiger partial charge in [0.1, 0.15) is 0 Å². The number of benzene rings is 1. The monoisotopic (exact) mass is 232 g/mol. The van der Waals surface area contributed by atoms with Crippen molar-refractivity contribution in [3.63, 3.8) is 0 Å². The minimum atomic E-state index is 0.348. The molecule has 0 saturated carbocycles. The van der Waals surface area contributed by atoms with Crippen LogP contribution in [-0.2, 0) is 0 Å². The molecule has 0 radical (unpaired) electrons. The Bertz CT molecular complexity index is 357. The molecule has 1 aromatic rings. The zero-order chi connectivity index (χ0) is 13.2. The first-order chi connectivity index (χ1) is 7.77. The molecule has 1 rings (SSSR count). The third kappa shape index (κ3) is 3.34. The Morgan fingerprint density at radius 2 is 1.47 bits per heavy atom. The molecule has 0 fully saturated rings. The highest BCUT2D eigenvalue weighted by Gasteiger charge is 2.27. The summed E-state index contributed by atoms with van der Waals surface area (Å²) in [6, 6.07) is 4.66. The van der Waals surface area contributed by atoms with Crippen molar-refractivity contribution in [2.24, 2.45) is 5.41 Å². The van der Waals surface area contributed by atoms with E-state index in [2.05, 4.69) is 60.6 Å². The van der Waals surface area contributed by atoms with Crippen molar-refractivity contribution in [3.05, 3.63) is 34.4 Å². The number of rotatable bonds is 3. The summed E-state index contributed by atoms with van der Waals surface area (Å²) in [5.74, 6) is 0.674. The molecule has 0 N–H and O–H groups in total. The molecule has 0 amide bonds. The second-order valence-electron chi connectivity index (χ2n) is 6.52. The van der Waals surface area contributed by atoms with Crippen molar-refractivity contribution in [2.45, 2.75) is 67.2 Å². The molecule has 0 aliphatic carbocycles. The van der Waals surface area contributed by atoms with Gasteiger partial charge in [-0.15, -0.1) is 0 Å². The van der Waals surface area contributed by atoms with Gasteiger partial charge in [0.25, 0.3) is 0 Å². The first-order valence-corrected chi connectivity index (χ1v) is 6.85. The summed E-state index contributed by atoms with van der Waals surface area (Å²) < 4.78 is 0. The molecule has 1 unspecified atom stereocenters. The van der Waals surface area contributed by atoms with E-state index in [9.17, 15) is 0 Å². The van der Waals surface area contributed by atoms with Gasteiger partial charge in [-0.25, -0.2) is 0 Å². The molecule has 1 atom stereocenters. The summed E-state index contributed by atoms with van der Waals surface area (Å²) in [6.45, 7) is 16.1. The fraction of sp³-hybridized carbons (Fsp3) is 0.647. The van der Waals surface area contributed by atoms with E-state index in [0.717, 1.165) is 0 Å². The van der Waals surface area contributed by atoms with Crippen LogP contribution in [0.25, 0.3) is 0 Å². The van der Waals surface area contributed by atoms with Crippen LogP contribution in [0.15, 0.2) is 12.1 Å². The highest BCUT2D eigenvalue weighted by atomic mass is 14.3. The summed E-state index contributed by atoms with van der Waals surface area (Å²) in [5.41, 5.74) is 6.26. The van der Waals surface area contributed by atoms with Gasteiger partial charge in [0.05, 0.1) is 0 Å². The lowest BCUT2D eigenvalue weighted by molar-refractivity contribution is 0.301. The molecular weight excluding hydrogens is 204 g/mol. The highest BCUT2D eigenvalue weighted by molar-refractivity contribution is 5.40. The van der Waals surface area contributed by atoms with Crippen LogP contribution >= 0.6 is 0 Å². The Morgan fingerprint density at radius 3 is 1.82 bits per heavy atom. The van der Waals surface area contributed by atoms with Crippen LogP contribution in [-0.4, -0.2) is 0 Å². The number of hydrogen-bond donors (Lipinski definition) is 0. The normalized spacial score (nSPS) is 13.8. The van der Waals surface area contributed by atoms with E-state index in [-0.39, 0.29) is 0 Å². The lowest BCUT2D eigenvalue weighted by Gasteiger charge is -2.33. The van der Waals surface area contributed by atoms with Crippen LogP contribution in [0.1, 0.15) is 68.7 Å². The largest absolute Gasteiger partial charge is 0.0654 e. The van der Waals surface area contributed by atoms with Gasteiger partial charge in [0.15, 0.2) is 0 Å². The molecule has 0 heteroatoms. The Morgan fingerprint density at radius 1 is 1.00 bits per heavy atom. The van der Waals surface area contributed by atoms with Crippen molar-refractivity contribution in [1.82, 2.24) is 0 Å². The lowest BCUT2D eigenvalue weighted by atomic mass is 9.71. The summed E-state index contributed by atoms with van der Waals surface area (Å²) in [5, 5.41) is 0. The molecule has 0 bridgehead atoms. The number of aryl methyl sites for hydroxylation is 3. The summed E-state index contributed by atoms with van der Waals surface area (Å²) in [6.07, 6.45) is 2.54. The smallest absolute Gasteiger partial charge is 0.0108 e. The SMILES string of the molecule is CCCC(c1c(C)cc(C)cc1C)C(C)(C)C. The van der Waals surface area contributed by atoms with Crippen molar-refractivity contribution in [1.29, 1.82) is 0 Å². The van der Waals surface area contributed by atoms with Gasteiger partial charge < -0.3 is 0 Å². The van der Waals surface area contributed by atoms with Crippen LogP contribution in [0.2, 0.25) is 0 Å². The van der Waals surface area contributed by atoms with Crippen LogP contribution in [0.3, 0.4) is 0 Å². The third-order valence-corrected chi connectivity index (χ3v) is 3.71. The first kappa shape index (κ1) is 14.3. The summed E-state index contributed by atoms with van der Waals surface area (Å²) in [7, 11) is 0. The molecule has 0 aromatic heterocycles. The van der Waals surface area contributed by atoms with Gasteiger partial charge in [0, 0.05) is 0 Å². The topological polar surface area (TPSA) is 0 Å². The Kier molecular flexibility index (Phi) is 4.41. The van der Waals surface area contributed by atoms with E-state index in [1.54, 1.807) is 5.56 Å². The maximum absolute atomic E-state index is 2.37. The molecule has 0 aliphatic heterocycles.